The van der Waals surface area contributed by atoms with Gasteiger partial charge < -0.3 is 10.4 Å². The summed E-state index contributed by atoms with van der Waals surface area (Å²) in [6.07, 6.45) is 12.8. The van der Waals surface area contributed by atoms with Crippen LogP contribution in [0, 0.1) is 18.7 Å². The molecule has 1 aliphatic rings. The molecule has 0 atom stereocenters. The second-order valence-corrected chi connectivity index (χ2v) is 4.33. The van der Waals surface area contributed by atoms with Gasteiger partial charge in [-0.2, -0.15) is 0 Å². The zero-order chi connectivity index (χ0) is 15.2. The Morgan fingerprint density at radius 3 is 2.05 bits per heavy atom. The summed E-state index contributed by atoms with van der Waals surface area (Å²) in [4.78, 5) is 10.2. The van der Waals surface area contributed by atoms with Crippen LogP contribution in [0.5, 0.6) is 0 Å². The van der Waals surface area contributed by atoms with Crippen LogP contribution in [0.4, 0.5) is 4.39 Å². The van der Waals surface area contributed by atoms with E-state index in [2.05, 4.69) is 18.2 Å². The molecule has 0 unspecified atom stereocenters. The van der Waals surface area contributed by atoms with Gasteiger partial charge in [0, 0.05) is 6.42 Å². The van der Waals surface area contributed by atoms with E-state index >= 15 is 0 Å². The number of carboxylic acid groups (broad SMARTS) is 1. The van der Waals surface area contributed by atoms with Crippen LogP contribution in [0.1, 0.15) is 31.2 Å². The van der Waals surface area contributed by atoms with Gasteiger partial charge in [0.1, 0.15) is 5.82 Å². The molecular weight excluding hydrogens is 257 g/mol. The number of rotatable bonds is 3. The maximum absolute atomic E-state index is 12.4. The van der Waals surface area contributed by atoms with Crippen LogP contribution in [0.15, 0.2) is 24.3 Å². The van der Waals surface area contributed by atoms with Gasteiger partial charge in [-0.3, -0.25) is 4.79 Å². The first-order valence-electron chi connectivity index (χ1n) is 6.69. The average Bonchev–Trinajstić information content (AvgIpc) is 2.51. The Bertz CT molecular complexity index is 372. The number of piperidine rings is 1. The van der Waals surface area contributed by atoms with E-state index in [0.29, 0.717) is 6.42 Å². The van der Waals surface area contributed by atoms with Gasteiger partial charge in [0.15, 0.2) is 0 Å². The number of hydrogen-bond donors (Lipinski definition) is 2. The maximum Gasteiger partial charge on any atom is 0.303 e. The number of terminal acetylenes is 1. The molecule has 20 heavy (non-hydrogen) atoms. The van der Waals surface area contributed by atoms with Gasteiger partial charge in [-0.1, -0.05) is 18.6 Å². The average molecular weight is 279 g/mol. The highest BCUT2D eigenvalue weighted by molar-refractivity contribution is 5.67. The lowest BCUT2D eigenvalue weighted by Gasteiger charge is -2.08. The number of benzene rings is 1. The van der Waals surface area contributed by atoms with Crippen molar-refractivity contribution < 1.29 is 14.3 Å². The number of hydrogen-bond acceptors (Lipinski definition) is 2. The summed E-state index contributed by atoms with van der Waals surface area (Å²) in [6, 6.07) is 5.85. The Balaban J connectivity index is 0.000000377. The van der Waals surface area contributed by atoms with Crippen molar-refractivity contribution in [3.63, 3.8) is 0 Å². The molecule has 1 fully saturated rings. The van der Waals surface area contributed by atoms with Crippen molar-refractivity contribution in [2.45, 2.75) is 32.1 Å². The minimum Gasteiger partial charge on any atom is -0.481 e. The predicted molar refractivity (Wildman–Crippen MR) is 79.0 cm³/mol. The van der Waals surface area contributed by atoms with E-state index < -0.39 is 5.97 Å². The summed E-state index contributed by atoms with van der Waals surface area (Å²) in [5, 5.41) is 11.6. The Morgan fingerprint density at radius 1 is 1.15 bits per heavy atom. The van der Waals surface area contributed by atoms with Gasteiger partial charge in [0.25, 0.3) is 0 Å². The summed E-state index contributed by atoms with van der Waals surface area (Å²) in [5.74, 6) is -1.13. The molecule has 4 heteroatoms. The molecule has 1 aromatic carbocycles. The first kappa shape index (κ1) is 18.1. The Morgan fingerprint density at radius 2 is 1.70 bits per heavy atom. The van der Waals surface area contributed by atoms with Crippen LogP contribution in [-0.2, 0) is 11.2 Å². The SMILES string of the molecule is C#C.C1CCNCC1.O=C(O)CCc1ccc(F)cc1. The number of carbonyl (C=O) groups is 1. The molecule has 0 saturated carbocycles. The molecule has 1 saturated heterocycles. The third-order valence-corrected chi connectivity index (χ3v) is 2.75. The zero-order valence-corrected chi connectivity index (χ0v) is 11.6. The molecule has 0 bridgehead atoms. The number of carboxylic acids is 1. The van der Waals surface area contributed by atoms with Crippen LogP contribution in [0.3, 0.4) is 0 Å². The molecule has 0 aromatic heterocycles. The first-order valence-corrected chi connectivity index (χ1v) is 6.69. The van der Waals surface area contributed by atoms with Crippen molar-refractivity contribution in [3.05, 3.63) is 35.6 Å². The van der Waals surface area contributed by atoms with Gasteiger partial charge in [0.2, 0.25) is 0 Å². The molecule has 0 spiro atoms. The third-order valence-electron chi connectivity index (χ3n) is 2.75. The largest absolute Gasteiger partial charge is 0.481 e. The van der Waals surface area contributed by atoms with Gasteiger partial charge in [0.05, 0.1) is 0 Å². The minimum atomic E-state index is -0.834. The molecule has 2 N–H and O–H groups in total. The van der Waals surface area contributed by atoms with E-state index in [4.69, 9.17) is 5.11 Å². The maximum atomic E-state index is 12.4. The molecule has 0 amide bonds. The van der Waals surface area contributed by atoms with Crippen LogP contribution in [-0.4, -0.2) is 24.2 Å². The number of halogens is 1. The molecular formula is C16H22FNO2. The smallest absolute Gasteiger partial charge is 0.303 e. The summed E-state index contributed by atoms with van der Waals surface area (Å²) in [5.41, 5.74) is 0.846. The van der Waals surface area contributed by atoms with E-state index in [1.165, 1.54) is 44.5 Å². The molecule has 110 valence electrons. The van der Waals surface area contributed by atoms with Gasteiger partial charge in [-0.25, -0.2) is 4.39 Å². The van der Waals surface area contributed by atoms with Crippen molar-refractivity contribution in [1.29, 1.82) is 0 Å². The van der Waals surface area contributed by atoms with E-state index in [1.54, 1.807) is 12.1 Å². The minimum absolute atomic E-state index is 0.0889. The second-order valence-electron chi connectivity index (χ2n) is 4.33. The fraction of sp³-hybridized carbons (Fsp3) is 0.438. The van der Waals surface area contributed by atoms with Crippen molar-refractivity contribution in [2.75, 3.05) is 13.1 Å². The third kappa shape index (κ3) is 10.1. The number of aliphatic carboxylic acids is 1. The van der Waals surface area contributed by atoms with Crippen molar-refractivity contribution in [2.24, 2.45) is 0 Å². The number of aryl methyl sites for hydroxylation is 1. The fourth-order valence-corrected chi connectivity index (χ4v) is 1.70. The molecule has 1 aromatic rings. The summed E-state index contributed by atoms with van der Waals surface area (Å²) < 4.78 is 12.4. The van der Waals surface area contributed by atoms with Crippen LogP contribution >= 0.6 is 0 Å². The molecule has 2 rings (SSSR count). The van der Waals surface area contributed by atoms with Crippen LogP contribution < -0.4 is 5.32 Å². The van der Waals surface area contributed by atoms with Crippen molar-refractivity contribution >= 4 is 5.97 Å². The van der Waals surface area contributed by atoms with Crippen LogP contribution in [0.25, 0.3) is 0 Å². The van der Waals surface area contributed by atoms with E-state index in [9.17, 15) is 9.18 Å². The molecule has 1 aliphatic heterocycles. The topological polar surface area (TPSA) is 49.3 Å². The fourth-order valence-electron chi connectivity index (χ4n) is 1.70. The molecule has 1 heterocycles. The van der Waals surface area contributed by atoms with Crippen molar-refractivity contribution in [1.82, 2.24) is 5.32 Å². The highest BCUT2D eigenvalue weighted by Crippen LogP contribution is 2.04. The van der Waals surface area contributed by atoms with E-state index in [1.807, 2.05) is 0 Å². The second kappa shape index (κ2) is 12.2. The summed E-state index contributed by atoms with van der Waals surface area (Å²) >= 11 is 0. The standard InChI is InChI=1S/C9H9FO2.C5H11N.C2H2/c10-8-4-1-7(2-5-8)3-6-9(11)12;1-2-4-6-5-3-1;1-2/h1-2,4-5H,3,6H2,(H,11,12);6H,1-5H2;1-2H. The lowest BCUT2D eigenvalue weighted by molar-refractivity contribution is -0.136. The van der Waals surface area contributed by atoms with E-state index in [-0.39, 0.29) is 12.2 Å². The quantitative estimate of drug-likeness (QED) is 0.836. The zero-order valence-electron chi connectivity index (χ0n) is 11.6. The lowest BCUT2D eigenvalue weighted by atomic mass is 10.1. The highest BCUT2D eigenvalue weighted by atomic mass is 19.1. The monoisotopic (exact) mass is 279 g/mol. The summed E-state index contributed by atoms with van der Waals surface area (Å²) in [6.45, 7) is 2.50. The van der Waals surface area contributed by atoms with Crippen LogP contribution in [0.2, 0.25) is 0 Å². The van der Waals surface area contributed by atoms with Gasteiger partial charge >= 0.3 is 5.97 Å². The normalized spacial score (nSPS) is 13.2. The molecule has 0 radical (unpaired) electrons. The Labute approximate surface area is 120 Å². The van der Waals surface area contributed by atoms with Crippen molar-refractivity contribution in [3.8, 4) is 12.8 Å². The highest BCUT2D eigenvalue weighted by Gasteiger charge is 1.98. The van der Waals surface area contributed by atoms with E-state index in [0.717, 1.165) is 5.56 Å². The van der Waals surface area contributed by atoms with Gasteiger partial charge in [-0.15, -0.1) is 12.8 Å². The molecule has 0 aliphatic carbocycles. The Hall–Kier alpha value is -1.86. The molecule has 3 nitrogen and oxygen atoms in total. The number of nitrogens with one attached hydrogen (secondary N) is 1. The lowest BCUT2D eigenvalue weighted by Crippen LogP contribution is -2.21. The predicted octanol–water partition coefficient (Wildman–Crippen LogP) is 2.85. The summed E-state index contributed by atoms with van der Waals surface area (Å²) in [7, 11) is 0. The first-order chi connectivity index (χ1) is 9.68. The Kier molecular flexibility index (Phi) is 11.1. The van der Waals surface area contributed by atoms with Gasteiger partial charge in [-0.05, 0) is 50.0 Å².